The van der Waals surface area contributed by atoms with Crippen molar-refractivity contribution < 1.29 is 18.4 Å². The highest BCUT2D eigenvalue weighted by Gasteiger charge is 2.35. The van der Waals surface area contributed by atoms with E-state index in [0.29, 0.717) is 37.4 Å². The summed E-state index contributed by atoms with van der Waals surface area (Å²) in [6.07, 6.45) is 0.935. The highest BCUT2D eigenvalue weighted by Crippen LogP contribution is 2.39. The molecule has 1 fully saturated rings. The molecule has 2 aliphatic rings. The van der Waals surface area contributed by atoms with E-state index in [9.17, 15) is 23.2 Å². The molecule has 7 nitrogen and oxygen atoms in total. The molecule has 2 aliphatic heterocycles. The minimum Gasteiger partial charge on any atom is -0.369 e. The van der Waals surface area contributed by atoms with Crippen molar-refractivity contribution in [2.75, 3.05) is 35.6 Å². The number of nitrogens with zero attached hydrogens (tertiary/aromatic N) is 2. The number of halogens is 2. The second-order valence-electron chi connectivity index (χ2n) is 11.2. The third-order valence-electron chi connectivity index (χ3n) is 8.16. The smallest absolute Gasteiger partial charge is 0.261 e. The monoisotopic (exact) mass is 614 g/mol. The van der Waals surface area contributed by atoms with Crippen molar-refractivity contribution >= 4 is 35.0 Å². The average Bonchev–Trinajstić information content (AvgIpc) is 3.01. The molecule has 3 aromatic carbocycles. The highest BCUT2D eigenvalue weighted by molar-refractivity contribution is 7.98. The lowest BCUT2D eigenvalue weighted by Crippen LogP contribution is -2.47. The van der Waals surface area contributed by atoms with Crippen molar-refractivity contribution in [3.63, 3.8) is 0 Å². The summed E-state index contributed by atoms with van der Waals surface area (Å²) in [6, 6.07) is 23.7. The lowest BCUT2D eigenvalue weighted by atomic mass is 9.83. The lowest BCUT2D eigenvalue weighted by Gasteiger charge is -2.44. The maximum Gasteiger partial charge on any atom is 0.261 e. The first-order valence-electron chi connectivity index (χ1n) is 14.6. The maximum atomic E-state index is 14.5. The Balaban J connectivity index is 1.22. The van der Waals surface area contributed by atoms with E-state index in [0.717, 1.165) is 35.8 Å². The van der Waals surface area contributed by atoms with Gasteiger partial charge in [0.1, 0.15) is 17.2 Å². The molecule has 2 unspecified atom stereocenters. The molecule has 3 heterocycles. The van der Waals surface area contributed by atoms with E-state index < -0.39 is 23.1 Å². The second-order valence-corrected chi connectivity index (χ2v) is 12.3. The van der Waals surface area contributed by atoms with Gasteiger partial charge in [0.2, 0.25) is 0 Å². The van der Waals surface area contributed by atoms with Gasteiger partial charge >= 0.3 is 0 Å². The van der Waals surface area contributed by atoms with Crippen molar-refractivity contribution in [3.8, 4) is 0 Å². The van der Waals surface area contributed by atoms with E-state index in [1.54, 1.807) is 42.1 Å². The van der Waals surface area contributed by atoms with Gasteiger partial charge in [-0.15, -0.1) is 0 Å². The van der Waals surface area contributed by atoms with Gasteiger partial charge in [-0.1, -0.05) is 42.5 Å². The van der Waals surface area contributed by atoms with Gasteiger partial charge in [-0.2, -0.15) is 11.8 Å². The van der Waals surface area contributed by atoms with Crippen LogP contribution in [-0.4, -0.2) is 41.8 Å². The van der Waals surface area contributed by atoms with Crippen LogP contribution < -0.4 is 21.1 Å². The molecule has 2 amide bonds. The summed E-state index contributed by atoms with van der Waals surface area (Å²) in [7, 11) is 0. The largest absolute Gasteiger partial charge is 0.369 e. The quantitative estimate of drug-likeness (QED) is 0.238. The second kappa shape index (κ2) is 13.1. The maximum absolute atomic E-state index is 14.5. The van der Waals surface area contributed by atoms with Crippen LogP contribution >= 0.6 is 11.8 Å². The van der Waals surface area contributed by atoms with Gasteiger partial charge in [0.25, 0.3) is 17.4 Å². The summed E-state index contributed by atoms with van der Waals surface area (Å²) in [6.45, 7) is 2.25. The van der Waals surface area contributed by atoms with Gasteiger partial charge in [-0.3, -0.25) is 14.4 Å². The number of hydrogen-bond acceptors (Lipinski definition) is 5. The molecule has 1 saturated heterocycles. The number of nitrogens with one attached hydrogen (secondary N) is 2. The van der Waals surface area contributed by atoms with Gasteiger partial charge in [0.05, 0.1) is 11.4 Å². The van der Waals surface area contributed by atoms with Crippen LogP contribution in [-0.2, 0) is 12.3 Å². The van der Waals surface area contributed by atoms with E-state index in [1.807, 2.05) is 28.8 Å². The average molecular weight is 615 g/mol. The topological polar surface area (TPSA) is 83.4 Å². The van der Waals surface area contributed by atoms with Crippen molar-refractivity contribution in [2.45, 2.75) is 24.6 Å². The molecule has 44 heavy (non-hydrogen) atoms. The fraction of sp³-hybridized carbons (Fsp3) is 0.265. The summed E-state index contributed by atoms with van der Waals surface area (Å²) < 4.78 is 30.8. The number of carbonyl (C=O) groups excluding carboxylic acids is 2. The number of carbonyl (C=O) groups is 2. The zero-order valence-electron chi connectivity index (χ0n) is 24.0. The van der Waals surface area contributed by atoms with Gasteiger partial charge in [0.15, 0.2) is 0 Å². The Labute approximate surface area is 258 Å². The zero-order valence-corrected chi connectivity index (χ0v) is 24.8. The van der Waals surface area contributed by atoms with Crippen LogP contribution in [0.2, 0.25) is 0 Å². The predicted octanol–water partition coefficient (Wildman–Crippen LogP) is 5.67. The van der Waals surface area contributed by atoms with Gasteiger partial charge < -0.3 is 20.1 Å². The Bertz CT molecular complexity index is 1730. The number of benzene rings is 3. The van der Waals surface area contributed by atoms with Crippen LogP contribution in [0.4, 0.5) is 20.2 Å². The number of amides is 2. The molecule has 1 aromatic heterocycles. The summed E-state index contributed by atoms with van der Waals surface area (Å²) in [5.41, 5.74) is 2.73. The predicted molar refractivity (Wildman–Crippen MR) is 169 cm³/mol. The summed E-state index contributed by atoms with van der Waals surface area (Å²) in [4.78, 5) is 40.9. The molecule has 0 spiro atoms. The molecule has 10 heteroatoms. The van der Waals surface area contributed by atoms with Crippen LogP contribution in [0, 0.1) is 17.6 Å². The molecule has 4 aromatic rings. The molecular formula is C34H32F2N4O3S. The van der Waals surface area contributed by atoms with Crippen LogP contribution in [0.5, 0.6) is 0 Å². The van der Waals surface area contributed by atoms with E-state index in [1.165, 1.54) is 11.6 Å². The van der Waals surface area contributed by atoms with Crippen molar-refractivity contribution in [3.05, 3.63) is 129 Å². The SMILES string of the molecule is O=C(NCCSCc1ccccc1)c1ccc(N2CC3CC(C2)c2cccc(=O)n2C3)c(NC(=O)c2c(F)cccc2F)c1. The summed E-state index contributed by atoms with van der Waals surface area (Å²) >= 11 is 1.71. The molecule has 0 aliphatic carbocycles. The Morgan fingerprint density at radius 2 is 1.64 bits per heavy atom. The number of rotatable bonds is 9. The number of hydrogen-bond donors (Lipinski definition) is 2. The normalized spacial score (nSPS) is 17.1. The van der Waals surface area contributed by atoms with E-state index in [2.05, 4.69) is 27.7 Å². The van der Waals surface area contributed by atoms with Crippen molar-refractivity contribution in [2.24, 2.45) is 5.92 Å². The van der Waals surface area contributed by atoms with E-state index in [-0.39, 0.29) is 29.0 Å². The summed E-state index contributed by atoms with van der Waals surface area (Å²) in [5, 5.41) is 5.61. The minimum absolute atomic E-state index is 0.0145. The van der Waals surface area contributed by atoms with Gasteiger partial charge in [0, 0.05) is 60.9 Å². The number of fused-ring (bicyclic) bond motifs is 4. The minimum atomic E-state index is -0.972. The Kier molecular flexibility index (Phi) is 8.79. The lowest BCUT2D eigenvalue weighted by molar-refractivity contribution is 0.0954. The van der Waals surface area contributed by atoms with Crippen molar-refractivity contribution in [1.82, 2.24) is 9.88 Å². The first-order valence-corrected chi connectivity index (χ1v) is 15.8. The van der Waals surface area contributed by atoms with Crippen molar-refractivity contribution in [1.29, 1.82) is 0 Å². The third kappa shape index (κ3) is 6.40. The molecule has 2 atom stereocenters. The Morgan fingerprint density at radius 1 is 0.864 bits per heavy atom. The molecule has 6 rings (SSSR count). The van der Waals surface area contributed by atoms with Crippen LogP contribution in [0.25, 0.3) is 0 Å². The Hall–Kier alpha value is -4.44. The van der Waals surface area contributed by atoms with Gasteiger partial charge in [-0.05, 0) is 54.3 Å². The van der Waals surface area contributed by atoms with E-state index >= 15 is 0 Å². The van der Waals surface area contributed by atoms with Crippen LogP contribution in [0.15, 0.2) is 89.7 Å². The first-order chi connectivity index (χ1) is 21.4. The summed E-state index contributed by atoms with van der Waals surface area (Å²) in [5.74, 6) is -1.34. The van der Waals surface area contributed by atoms with Gasteiger partial charge in [-0.25, -0.2) is 8.78 Å². The number of pyridine rings is 1. The molecule has 226 valence electrons. The van der Waals surface area contributed by atoms with E-state index in [4.69, 9.17) is 0 Å². The molecule has 0 radical (unpaired) electrons. The zero-order chi connectivity index (χ0) is 30.6. The molecule has 2 N–H and O–H groups in total. The number of aromatic nitrogens is 1. The number of thioether (sulfide) groups is 1. The fourth-order valence-corrected chi connectivity index (χ4v) is 6.97. The van der Waals surface area contributed by atoms with Crippen LogP contribution in [0.3, 0.4) is 0 Å². The third-order valence-corrected chi connectivity index (χ3v) is 9.19. The highest BCUT2D eigenvalue weighted by atomic mass is 32.2. The molecule has 0 saturated carbocycles. The molecular weight excluding hydrogens is 582 g/mol. The standard InChI is InChI=1S/C34H32F2N4O3S/c35-26-8-4-9-27(36)32(26)34(43)38-28-17-24(33(42)37-14-15-44-21-22-6-2-1-3-7-22)12-13-30(28)39-18-23-16-25(20-39)29-10-5-11-31(41)40(29)19-23/h1-13,17,23,25H,14-16,18-21H2,(H,37,42)(H,38,43). The molecule has 2 bridgehead atoms. The fourth-order valence-electron chi connectivity index (χ4n) is 6.15. The number of anilines is 2. The van der Waals surface area contributed by atoms with Crippen LogP contribution in [0.1, 0.15) is 44.3 Å². The number of piperidine rings is 1. The Morgan fingerprint density at radius 3 is 2.43 bits per heavy atom. The first kappa shape index (κ1) is 29.6.